The lowest BCUT2D eigenvalue weighted by molar-refractivity contribution is 0.563. The van der Waals surface area contributed by atoms with Crippen LogP contribution in [0.15, 0.2) is 18.2 Å². The molecular formula is C12H18FN3O2S. The number of hydrogen-bond acceptors (Lipinski definition) is 3. The summed E-state index contributed by atoms with van der Waals surface area (Å²) in [6.45, 7) is 3.47. The van der Waals surface area contributed by atoms with Gasteiger partial charge in [0.25, 0.3) is 0 Å². The molecule has 1 aromatic carbocycles. The largest absolute Gasteiger partial charge is 0.384 e. The molecule has 7 heteroatoms. The van der Waals surface area contributed by atoms with Crippen LogP contribution in [0, 0.1) is 17.1 Å². The van der Waals surface area contributed by atoms with E-state index in [1.165, 1.54) is 12.1 Å². The molecule has 19 heavy (non-hydrogen) atoms. The summed E-state index contributed by atoms with van der Waals surface area (Å²) in [5, 5.41) is 7.18. The zero-order valence-electron chi connectivity index (χ0n) is 10.9. The molecule has 0 bridgehead atoms. The highest BCUT2D eigenvalue weighted by molar-refractivity contribution is 7.89. The summed E-state index contributed by atoms with van der Waals surface area (Å²) in [6, 6.07) is 4.02. The van der Waals surface area contributed by atoms with Crippen molar-refractivity contribution in [3.63, 3.8) is 0 Å². The average molecular weight is 287 g/mol. The van der Waals surface area contributed by atoms with Gasteiger partial charge in [0.2, 0.25) is 10.0 Å². The van der Waals surface area contributed by atoms with Crippen molar-refractivity contribution in [2.75, 3.05) is 5.75 Å². The maximum atomic E-state index is 13.7. The number of sulfonamides is 1. The summed E-state index contributed by atoms with van der Waals surface area (Å²) in [5.41, 5.74) is 5.73. The molecule has 0 fully saturated rings. The molecule has 0 radical (unpaired) electrons. The Morgan fingerprint density at radius 3 is 2.58 bits per heavy atom. The lowest BCUT2D eigenvalue weighted by atomic mass is 10.1. The minimum atomic E-state index is -3.41. The van der Waals surface area contributed by atoms with Gasteiger partial charge in [0.1, 0.15) is 11.7 Å². The third kappa shape index (κ3) is 4.96. The molecular weight excluding hydrogens is 269 g/mol. The number of hydrogen-bond donors (Lipinski definition) is 3. The Labute approximate surface area is 112 Å². The summed E-state index contributed by atoms with van der Waals surface area (Å²) in [4.78, 5) is 0. The standard InChI is InChI=1S/C12H18FN3O2S/c1-8(2)7-19(17,18)16-6-10-4-3-9(12(14)15)5-11(10)13/h3-5,8,16H,6-7H2,1-2H3,(H3,14,15). The van der Waals surface area contributed by atoms with E-state index >= 15 is 0 Å². The van der Waals surface area contributed by atoms with Crippen LogP contribution in [-0.4, -0.2) is 20.0 Å². The number of benzene rings is 1. The first-order valence-corrected chi connectivity index (χ1v) is 7.46. The normalized spacial score (nSPS) is 11.8. The molecule has 0 aliphatic heterocycles. The van der Waals surface area contributed by atoms with E-state index in [1.807, 2.05) is 0 Å². The van der Waals surface area contributed by atoms with Gasteiger partial charge in [-0.15, -0.1) is 0 Å². The highest BCUT2D eigenvalue weighted by atomic mass is 32.2. The molecule has 0 unspecified atom stereocenters. The molecule has 106 valence electrons. The Morgan fingerprint density at radius 2 is 2.11 bits per heavy atom. The van der Waals surface area contributed by atoms with Crippen LogP contribution >= 0.6 is 0 Å². The fourth-order valence-electron chi connectivity index (χ4n) is 1.54. The molecule has 0 saturated carbocycles. The molecule has 0 aliphatic carbocycles. The van der Waals surface area contributed by atoms with Crippen LogP contribution in [-0.2, 0) is 16.6 Å². The lowest BCUT2D eigenvalue weighted by Gasteiger charge is -2.10. The van der Waals surface area contributed by atoms with E-state index in [0.29, 0.717) is 0 Å². The number of amidine groups is 1. The second-order valence-electron chi connectivity index (χ2n) is 4.72. The number of nitrogens with two attached hydrogens (primary N) is 1. The molecule has 0 spiro atoms. The topological polar surface area (TPSA) is 96.0 Å². The molecule has 0 saturated heterocycles. The Hall–Kier alpha value is -1.47. The van der Waals surface area contributed by atoms with Gasteiger partial charge in [0.15, 0.2) is 0 Å². The van der Waals surface area contributed by atoms with Crippen LogP contribution in [0.4, 0.5) is 4.39 Å². The molecule has 4 N–H and O–H groups in total. The third-order valence-electron chi connectivity index (χ3n) is 2.40. The molecule has 5 nitrogen and oxygen atoms in total. The molecule has 0 atom stereocenters. The van der Waals surface area contributed by atoms with Crippen molar-refractivity contribution in [2.45, 2.75) is 20.4 Å². The Balaban J connectivity index is 2.76. The van der Waals surface area contributed by atoms with Gasteiger partial charge >= 0.3 is 0 Å². The number of nitrogens with one attached hydrogen (secondary N) is 2. The zero-order chi connectivity index (χ0) is 14.6. The minimum Gasteiger partial charge on any atom is -0.384 e. The van der Waals surface area contributed by atoms with Crippen LogP contribution in [0.1, 0.15) is 25.0 Å². The van der Waals surface area contributed by atoms with E-state index in [4.69, 9.17) is 11.1 Å². The Morgan fingerprint density at radius 1 is 1.47 bits per heavy atom. The SMILES string of the molecule is CC(C)CS(=O)(=O)NCc1ccc(C(=N)N)cc1F. The first kappa shape index (κ1) is 15.6. The van der Waals surface area contributed by atoms with Crippen molar-refractivity contribution in [3.8, 4) is 0 Å². The van der Waals surface area contributed by atoms with Crippen molar-refractivity contribution in [1.82, 2.24) is 4.72 Å². The Bertz CT molecular complexity index is 570. The van der Waals surface area contributed by atoms with E-state index in [-0.39, 0.29) is 35.2 Å². The molecule has 0 amide bonds. The maximum Gasteiger partial charge on any atom is 0.212 e. The Kier molecular flexibility index (Phi) is 5.02. The fraction of sp³-hybridized carbons (Fsp3) is 0.417. The van der Waals surface area contributed by atoms with Crippen LogP contribution in [0.3, 0.4) is 0 Å². The molecule has 0 heterocycles. The first-order chi connectivity index (χ1) is 8.71. The minimum absolute atomic E-state index is 0.000147. The molecule has 1 rings (SSSR count). The fourth-order valence-corrected chi connectivity index (χ4v) is 2.91. The van der Waals surface area contributed by atoms with Gasteiger partial charge in [-0.05, 0) is 12.0 Å². The van der Waals surface area contributed by atoms with Gasteiger partial charge in [-0.1, -0.05) is 26.0 Å². The smallest absolute Gasteiger partial charge is 0.212 e. The van der Waals surface area contributed by atoms with Crippen LogP contribution in [0.5, 0.6) is 0 Å². The summed E-state index contributed by atoms with van der Waals surface area (Å²) in [5.74, 6) is -0.812. The zero-order valence-corrected chi connectivity index (χ0v) is 11.7. The number of halogens is 1. The van der Waals surface area contributed by atoms with Crippen molar-refractivity contribution in [1.29, 1.82) is 5.41 Å². The molecule has 1 aromatic rings. The summed E-state index contributed by atoms with van der Waals surface area (Å²) >= 11 is 0. The lowest BCUT2D eigenvalue weighted by Crippen LogP contribution is -2.28. The number of nitrogen functional groups attached to an aromatic ring is 1. The van der Waals surface area contributed by atoms with E-state index < -0.39 is 15.8 Å². The summed E-state index contributed by atoms with van der Waals surface area (Å²) < 4.78 is 39.2. The van der Waals surface area contributed by atoms with Crippen molar-refractivity contribution in [2.24, 2.45) is 11.7 Å². The predicted octanol–water partition coefficient (Wildman–Crippen LogP) is 1.19. The van der Waals surface area contributed by atoms with E-state index in [0.717, 1.165) is 6.07 Å². The van der Waals surface area contributed by atoms with Crippen molar-refractivity contribution < 1.29 is 12.8 Å². The van der Waals surface area contributed by atoms with Gasteiger partial charge in [-0.25, -0.2) is 17.5 Å². The third-order valence-corrected chi connectivity index (χ3v) is 4.09. The monoisotopic (exact) mass is 287 g/mol. The second-order valence-corrected chi connectivity index (χ2v) is 6.57. The average Bonchev–Trinajstić information content (AvgIpc) is 2.25. The van der Waals surface area contributed by atoms with Crippen LogP contribution in [0.2, 0.25) is 0 Å². The predicted molar refractivity (Wildman–Crippen MR) is 72.9 cm³/mol. The van der Waals surface area contributed by atoms with E-state index in [9.17, 15) is 12.8 Å². The van der Waals surface area contributed by atoms with E-state index in [2.05, 4.69) is 4.72 Å². The highest BCUT2D eigenvalue weighted by Crippen LogP contribution is 2.11. The first-order valence-electron chi connectivity index (χ1n) is 5.81. The van der Waals surface area contributed by atoms with Gasteiger partial charge in [0, 0.05) is 17.7 Å². The highest BCUT2D eigenvalue weighted by Gasteiger charge is 2.13. The molecule has 0 aromatic heterocycles. The van der Waals surface area contributed by atoms with Crippen molar-refractivity contribution in [3.05, 3.63) is 35.1 Å². The van der Waals surface area contributed by atoms with Gasteiger partial charge < -0.3 is 5.73 Å². The van der Waals surface area contributed by atoms with Gasteiger partial charge in [-0.2, -0.15) is 0 Å². The van der Waals surface area contributed by atoms with Crippen LogP contribution in [0.25, 0.3) is 0 Å². The summed E-state index contributed by atoms with van der Waals surface area (Å²) in [7, 11) is -3.41. The van der Waals surface area contributed by atoms with Gasteiger partial charge in [0.05, 0.1) is 5.75 Å². The second kappa shape index (κ2) is 6.12. The summed E-state index contributed by atoms with van der Waals surface area (Å²) in [6.07, 6.45) is 0. The van der Waals surface area contributed by atoms with Gasteiger partial charge in [-0.3, -0.25) is 5.41 Å². The quantitative estimate of drug-likeness (QED) is 0.541. The molecule has 0 aliphatic rings. The number of rotatable bonds is 6. The van der Waals surface area contributed by atoms with Crippen LogP contribution < -0.4 is 10.5 Å². The van der Waals surface area contributed by atoms with E-state index in [1.54, 1.807) is 13.8 Å². The maximum absolute atomic E-state index is 13.7. The van der Waals surface area contributed by atoms with Crippen molar-refractivity contribution >= 4 is 15.9 Å².